The molecule has 2 aliphatic rings. The molecule has 1 aliphatic carbocycles. The maximum atomic E-state index is 12.2. The first-order valence-electron chi connectivity index (χ1n) is 8.18. The summed E-state index contributed by atoms with van der Waals surface area (Å²) in [5.41, 5.74) is 0. The number of amides is 2. The average Bonchev–Trinajstić information content (AvgIpc) is 3.11. The normalized spacial score (nSPS) is 19.0. The largest absolute Gasteiger partial charge is 0.425 e. The van der Waals surface area contributed by atoms with Crippen LogP contribution in [0.25, 0.3) is 0 Å². The highest BCUT2D eigenvalue weighted by molar-refractivity contribution is 7.09. The van der Waals surface area contributed by atoms with Crippen molar-refractivity contribution in [3.05, 3.63) is 34.2 Å². The van der Waals surface area contributed by atoms with E-state index in [1.54, 1.807) is 11.3 Å². The van der Waals surface area contributed by atoms with E-state index in [1.165, 1.54) is 17.7 Å². The molecule has 0 bridgehead atoms. The van der Waals surface area contributed by atoms with Gasteiger partial charge in [0.25, 0.3) is 0 Å². The molecule has 0 aromatic carbocycles. The Morgan fingerprint density at radius 1 is 1.22 bits per heavy atom. The van der Waals surface area contributed by atoms with Crippen molar-refractivity contribution >= 4 is 17.4 Å². The highest BCUT2D eigenvalue weighted by atomic mass is 32.1. The van der Waals surface area contributed by atoms with E-state index in [4.69, 9.17) is 4.42 Å². The summed E-state index contributed by atoms with van der Waals surface area (Å²) in [5, 5.41) is 13.4. The van der Waals surface area contributed by atoms with Crippen LogP contribution in [-0.4, -0.2) is 34.2 Å². The number of aromatic nitrogens is 2. The number of piperidine rings is 1. The van der Waals surface area contributed by atoms with E-state index in [9.17, 15) is 4.79 Å². The molecule has 1 saturated carbocycles. The molecule has 0 spiro atoms. The smallest absolute Gasteiger partial charge is 0.317 e. The Balaban J connectivity index is 1.27. The molecular weight excluding hydrogens is 312 g/mol. The second-order valence-corrected chi connectivity index (χ2v) is 7.28. The Morgan fingerprint density at radius 2 is 1.91 bits per heavy atom. The molecule has 1 N–H and O–H groups in total. The molecule has 122 valence electrons. The van der Waals surface area contributed by atoms with Crippen LogP contribution >= 0.6 is 11.3 Å². The fourth-order valence-corrected chi connectivity index (χ4v) is 3.57. The quantitative estimate of drug-likeness (QED) is 0.934. The van der Waals surface area contributed by atoms with Crippen molar-refractivity contribution in [1.82, 2.24) is 20.4 Å². The summed E-state index contributed by atoms with van der Waals surface area (Å²) in [6, 6.07) is 4.04. The van der Waals surface area contributed by atoms with Crippen LogP contribution < -0.4 is 5.32 Å². The molecule has 6 nitrogen and oxygen atoms in total. The predicted molar refractivity (Wildman–Crippen MR) is 86.4 cm³/mol. The number of hydrogen-bond donors (Lipinski definition) is 1. The van der Waals surface area contributed by atoms with Gasteiger partial charge >= 0.3 is 6.03 Å². The number of carbonyl (C=O) groups is 1. The van der Waals surface area contributed by atoms with Crippen molar-refractivity contribution in [2.75, 3.05) is 13.1 Å². The van der Waals surface area contributed by atoms with Gasteiger partial charge in [-0.3, -0.25) is 0 Å². The Labute approximate surface area is 138 Å². The van der Waals surface area contributed by atoms with Gasteiger partial charge in [-0.2, -0.15) is 0 Å². The van der Waals surface area contributed by atoms with Gasteiger partial charge in [0.2, 0.25) is 11.8 Å². The van der Waals surface area contributed by atoms with Crippen molar-refractivity contribution in [2.45, 2.75) is 44.1 Å². The van der Waals surface area contributed by atoms with Crippen LogP contribution in [0.15, 0.2) is 21.9 Å². The lowest BCUT2D eigenvalue weighted by atomic mass is 9.97. The number of nitrogens with zero attached hydrogens (tertiary/aromatic N) is 3. The molecular formula is C16H20N4O2S. The summed E-state index contributed by atoms with van der Waals surface area (Å²) in [5.74, 6) is 2.34. The van der Waals surface area contributed by atoms with Crippen molar-refractivity contribution in [3.63, 3.8) is 0 Å². The molecule has 2 amide bonds. The zero-order valence-electron chi connectivity index (χ0n) is 12.9. The summed E-state index contributed by atoms with van der Waals surface area (Å²) in [7, 11) is 0. The van der Waals surface area contributed by atoms with Gasteiger partial charge in [-0.15, -0.1) is 21.5 Å². The first-order valence-corrected chi connectivity index (χ1v) is 9.06. The van der Waals surface area contributed by atoms with E-state index in [0.717, 1.165) is 37.7 Å². The Bertz CT molecular complexity index is 657. The van der Waals surface area contributed by atoms with Gasteiger partial charge in [-0.1, -0.05) is 6.07 Å². The number of likely N-dealkylation sites (tertiary alicyclic amines) is 1. The predicted octanol–water partition coefficient (Wildman–Crippen LogP) is 3.10. The van der Waals surface area contributed by atoms with E-state index < -0.39 is 0 Å². The molecule has 0 unspecified atom stereocenters. The third-order valence-corrected chi connectivity index (χ3v) is 5.38. The van der Waals surface area contributed by atoms with Gasteiger partial charge in [0.15, 0.2) is 0 Å². The summed E-state index contributed by atoms with van der Waals surface area (Å²) >= 11 is 1.66. The molecule has 1 saturated heterocycles. The fraction of sp³-hybridized carbons (Fsp3) is 0.562. The van der Waals surface area contributed by atoms with E-state index in [-0.39, 0.29) is 11.9 Å². The molecule has 2 fully saturated rings. The van der Waals surface area contributed by atoms with Gasteiger partial charge in [-0.25, -0.2) is 4.79 Å². The molecule has 2 aromatic rings. The molecule has 23 heavy (non-hydrogen) atoms. The van der Waals surface area contributed by atoms with Crippen LogP contribution in [0.5, 0.6) is 0 Å². The Morgan fingerprint density at radius 3 is 2.52 bits per heavy atom. The van der Waals surface area contributed by atoms with Gasteiger partial charge in [0.1, 0.15) is 0 Å². The van der Waals surface area contributed by atoms with Crippen LogP contribution in [0.4, 0.5) is 4.79 Å². The van der Waals surface area contributed by atoms with E-state index in [0.29, 0.717) is 12.5 Å². The highest BCUT2D eigenvalue weighted by Crippen LogP contribution is 2.40. The highest BCUT2D eigenvalue weighted by Gasteiger charge is 2.32. The lowest BCUT2D eigenvalue weighted by Crippen LogP contribution is -2.43. The summed E-state index contributed by atoms with van der Waals surface area (Å²) in [4.78, 5) is 15.3. The lowest BCUT2D eigenvalue weighted by molar-refractivity contribution is 0.176. The van der Waals surface area contributed by atoms with Crippen molar-refractivity contribution < 1.29 is 9.21 Å². The maximum absolute atomic E-state index is 12.2. The number of nitrogens with one attached hydrogen (secondary N) is 1. The standard InChI is InChI=1S/C16H20N4O2S/c21-16(17-10-13-2-1-9-23-13)20-7-5-12(6-8-20)15-19-18-14(22-15)11-3-4-11/h1-2,9,11-12H,3-8,10H2,(H,17,21). The van der Waals surface area contributed by atoms with Gasteiger partial charge in [0.05, 0.1) is 6.54 Å². The second-order valence-electron chi connectivity index (χ2n) is 6.25. The minimum atomic E-state index is 0.0149. The van der Waals surface area contributed by atoms with Crippen LogP contribution in [0.2, 0.25) is 0 Å². The molecule has 0 radical (unpaired) electrons. The number of rotatable bonds is 4. The number of thiophene rings is 1. The Hall–Kier alpha value is -1.89. The van der Waals surface area contributed by atoms with Crippen LogP contribution in [-0.2, 0) is 6.54 Å². The average molecular weight is 332 g/mol. The number of hydrogen-bond acceptors (Lipinski definition) is 5. The first-order chi connectivity index (χ1) is 11.3. The number of carbonyl (C=O) groups excluding carboxylic acids is 1. The third-order valence-electron chi connectivity index (χ3n) is 4.51. The van der Waals surface area contributed by atoms with Crippen molar-refractivity contribution in [1.29, 1.82) is 0 Å². The zero-order chi connectivity index (χ0) is 15.6. The summed E-state index contributed by atoms with van der Waals surface area (Å²) in [6.07, 6.45) is 4.12. The van der Waals surface area contributed by atoms with Crippen LogP contribution in [0.3, 0.4) is 0 Å². The molecule has 0 atom stereocenters. The van der Waals surface area contributed by atoms with Crippen molar-refractivity contribution in [2.24, 2.45) is 0 Å². The van der Waals surface area contributed by atoms with Crippen molar-refractivity contribution in [3.8, 4) is 0 Å². The molecule has 7 heteroatoms. The molecule has 4 rings (SSSR count). The SMILES string of the molecule is O=C(NCc1cccs1)N1CCC(c2nnc(C3CC3)o2)CC1. The zero-order valence-corrected chi connectivity index (χ0v) is 13.7. The molecule has 1 aliphatic heterocycles. The second kappa shape index (κ2) is 6.31. The maximum Gasteiger partial charge on any atom is 0.317 e. The monoisotopic (exact) mass is 332 g/mol. The third kappa shape index (κ3) is 3.39. The minimum Gasteiger partial charge on any atom is -0.425 e. The number of urea groups is 1. The Kier molecular flexibility index (Phi) is 4.03. The van der Waals surface area contributed by atoms with Gasteiger partial charge in [-0.05, 0) is 37.1 Å². The minimum absolute atomic E-state index is 0.0149. The molecule has 2 aromatic heterocycles. The summed E-state index contributed by atoms with van der Waals surface area (Å²) in [6.45, 7) is 2.08. The van der Waals surface area contributed by atoms with E-state index >= 15 is 0 Å². The fourth-order valence-electron chi connectivity index (χ4n) is 2.92. The lowest BCUT2D eigenvalue weighted by Gasteiger charge is -2.30. The van der Waals surface area contributed by atoms with Gasteiger partial charge < -0.3 is 14.6 Å². The first kappa shape index (κ1) is 14.7. The van der Waals surface area contributed by atoms with Crippen LogP contribution in [0, 0.1) is 0 Å². The van der Waals surface area contributed by atoms with E-state index in [1.807, 2.05) is 22.4 Å². The van der Waals surface area contributed by atoms with Crippen LogP contribution in [0.1, 0.15) is 54.2 Å². The van der Waals surface area contributed by atoms with Gasteiger partial charge in [0, 0.05) is 29.8 Å². The van der Waals surface area contributed by atoms with E-state index in [2.05, 4.69) is 15.5 Å². The topological polar surface area (TPSA) is 71.3 Å². The molecule has 3 heterocycles. The summed E-state index contributed by atoms with van der Waals surface area (Å²) < 4.78 is 5.80.